The highest BCUT2D eigenvalue weighted by molar-refractivity contribution is 6.01. The molecule has 3 aromatic carbocycles. The molecule has 0 bridgehead atoms. The van der Waals surface area contributed by atoms with Gasteiger partial charge >= 0.3 is 0 Å². The Hall–Kier alpha value is -4.38. The van der Waals surface area contributed by atoms with E-state index in [0.29, 0.717) is 17.4 Å². The zero-order chi connectivity index (χ0) is 25.2. The number of aromatic amines is 1. The monoisotopic (exact) mass is 483 g/mol. The maximum absolute atomic E-state index is 13.6. The third-order valence-corrected chi connectivity index (χ3v) is 6.81. The SMILES string of the molecule is COc1ccc(F)cc1C(=O)NCc1ccc(-c2cc(N3CCC[C@H]3C)c3cn[nH]c3c2C#N)cc1. The van der Waals surface area contributed by atoms with E-state index in [1.54, 1.807) is 6.20 Å². The van der Waals surface area contributed by atoms with E-state index < -0.39 is 11.7 Å². The van der Waals surface area contributed by atoms with Gasteiger partial charge in [0.1, 0.15) is 17.6 Å². The van der Waals surface area contributed by atoms with Crippen LogP contribution in [0.5, 0.6) is 5.75 Å². The van der Waals surface area contributed by atoms with Crippen molar-refractivity contribution in [3.63, 3.8) is 0 Å². The number of H-pyrrole nitrogens is 1. The first-order valence-corrected chi connectivity index (χ1v) is 11.9. The van der Waals surface area contributed by atoms with Crippen molar-refractivity contribution in [1.29, 1.82) is 5.26 Å². The van der Waals surface area contributed by atoms with Crippen LogP contribution in [0.4, 0.5) is 10.1 Å². The summed E-state index contributed by atoms with van der Waals surface area (Å²) in [6, 6.07) is 16.4. The first kappa shape index (κ1) is 23.4. The maximum atomic E-state index is 13.6. The highest BCUT2D eigenvalue weighted by Crippen LogP contribution is 2.38. The molecule has 1 aromatic heterocycles. The van der Waals surface area contributed by atoms with E-state index in [-0.39, 0.29) is 12.1 Å². The number of anilines is 1. The Morgan fingerprint density at radius 3 is 2.78 bits per heavy atom. The molecule has 0 saturated carbocycles. The van der Waals surface area contributed by atoms with Crippen LogP contribution in [0.2, 0.25) is 0 Å². The van der Waals surface area contributed by atoms with Gasteiger partial charge in [-0.25, -0.2) is 4.39 Å². The van der Waals surface area contributed by atoms with Crippen LogP contribution in [0.1, 0.15) is 41.3 Å². The number of carbonyl (C=O) groups excluding carboxylic acids is 1. The number of benzene rings is 3. The van der Waals surface area contributed by atoms with Gasteiger partial charge in [0.25, 0.3) is 5.91 Å². The van der Waals surface area contributed by atoms with E-state index in [1.807, 2.05) is 24.3 Å². The Labute approximate surface area is 208 Å². The summed E-state index contributed by atoms with van der Waals surface area (Å²) in [4.78, 5) is 15.0. The van der Waals surface area contributed by atoms with Gasteiger partial charge < -0.3 is 15.0 Å². The predicted molar refractivity (Wildman–Crippen MR) is 136 cm³/mol. The van der Waals surface area contributed by atoms with Crippen molar-refractivity contribution in [3.8, 4) is 22.9 Å². The molecule has 1 atom stereocenters. The van der Waals surface area contributed by atoms with Crippen molar-refractivity contribution in [2.75, 3.05) is 18.6 Å². The van der Waals surface area contributed by atoms with Crippen LogP contribution in [0.25, 0.3) is 22.0 Å². The average molecular weight is 484 g/mol. The fourth-order valence-electron chi connectivity index (χ4n) is 4.90. The number of hydrogen-bond donors (Lipinski definition) is 2. The molecule has 1 aliphatic rings. The maximum Gasteiger partial charge on any atom is 0.255 e. The second-order valence-electron chi connectivity index (χ2n) is 9.00. The van der Waals surface area contributed by atoms with Crippen molar-refractivity contribution in [2.24, 2.45) is 0 Å². The Morgan fingerprint density at radius 1 is 1.28 bits per heavy atom. The van der Waals surface area contributed by atoms with E-state index >= 15 is 0 Å². The molecular formula is C28H26FN5O2. The lowest BCUT2D eigenvalue weighted by atomic mass is 9.95. The summed E-state index contributed by atoms with van der Waals surface area (Å²) in [7, 11) is 1.44. The number of aromatic nitrogens is 2. The van der Waals surface area contributed by atoms with Crippen molar-refractivity contribution in [1.82, 2.24) is 15.5 Å². The second kappa shape index (κ2) is 9.70. The van der Waals surface area contributed by atoms with Gasteiger partial charge in [-0.1, -0.05) is 24.3 Å². The molecule has 8 heteroatoms. The number of nitrogens with one attached hydrogen (secondary N) is 2. The third-order valence-electron chi connectivity index (χ3n) is 6.81. The summed E-state index contributed by atoms with van der Waals surface area (Å²) in [5.41, 5.74) is 5.13. The molecule has 0 radical (unpaired) electrons. The van der Waals surface area contributed by atoms with Crippen molar-refractivity contribution in [3.05, 3.63) is 77.2 Å². The molecular weight excluding hydrogens is 457 g/mol. The Balaban J connectivity index is 1.41. The normalized spacial score (nSPS) is 15.2. The minimum atomic E-state index is -0.504. The van der Waals surface area contributed by atoms with Crippen molar-refractivity contribution >= 4 is 22.5 Å². The van der Waals surface area contributed by atoms with E-state index in [2.05, 4.69) is 39.5 Å². The molecule has 1 aliphatic heterocycles. The molecule has 1 amide bonds. The fraction of sp³-hybridized carbons (Fsp3) is 0.250. The summed E-state index contributed by atoms with van der Waals surface area (Å²) in [6.45, 7) is 3.46. The van der Waals surface area contributed by atoms with Gasteiger partial charge in [0.15, 0.2) is 0 Å². The van der Waals surface area contributed by atoms with E-state index in [9.17, 15) is 14.4 Å². The van der Waals surface area contributed by atoms with Crippen LogP contribution < -0.4 is 15.0 Å². The molecule has 5 rings (SSSR count). The predicted octanol–water partition coefficient (Wildman–Crippen LogP) is 5.17. The number of methoxy groups -OCH3 is 1. The number of amides is 1. The second-order valence-corrected chi connectivity index (χ2v) is 9.00. The van der Waals surface area contributed by atoms with Gasteiger partial charge in [-0.05, 0) is 55.2 Å². The quantitative estimate of drug-likeness (QED) is 0.395. The summed E-state index contributed by atoms with van der Waals surface area (Å²) < 4.78 is 18.8. The van der Waals surface area contributed by atoms with E-state index in [0.717, 1.165) is 58.7 Å². The van der Waals surface area contributed by atoms with Gasteiger partial charge in [0, 0.05) is 35.8 Å². The largest absolute Gasteiger partial charge is 0.496 e. The number of nitrogens with zero attached hydrogens (tertiary/aromatic N) is 3. The van der Waals surface area contributed by atoms with Crippen LogP contribution in [0, 0.1) is 17.1 Å². The summed E-state index contributed by atoms with van der Waals surface area (Å²) in [5, 5.41) is 21.0. The van der Waals surface area contributed by atoms with Crippen LogP contribution >= 0.6 is 0 Å². The standard InChI is InChI=1S/C28H26FN5O2/c1-17-4-3-11-34(17)25-13-21(23(14-30)27-24(25)16-32-33-27)19-7-5-18(6-8-19)15-31-28(35)22-12-20(29)9-10-26(22)36-2/h5-10,12-13,16-17H,3-4,11,15H2,1-2H3,(H,31,35)(H,32,33)/t17-/m1/s1. The number of nitriles is 1. The number of carbonyl (C=O) groups is 1. The van der Waals surface area contributed by atoms with Gasteiger partial charge in [0.05, 0.1) is 30.0 Å². The average Bonchev–Trinajstić information content (AvgIpc) is 3.56. The lowest BCUT2D eigenvalue weighted by Gasteiger charge is -2.25. The first-order chi connectivity index (χ1) is 17.5. The van der Waals surface area contributed by atoms with Gasteiger partial charge in [-0.3, -0.25) is 9.89 Å². The number of ether oxygens (including phenoxy) is 1. The molecule has 2 heterocycles. The van der Waals surface area contributed by atoms with Gasteiger partial charge in [-0.15, -0.1) is 0 Å². The zero-order valence-corrected chi connectivity index (χ0v) is 20.1. The number of rotatable bonds is 6. The van der Waals surface area contributed by atoms with E-state index in [1.165, 1.54) is 19.2 Å². The minimum Gasteiger partial charge on any atom is -0.496 e. The van der Waals surface area contributed by atoms with Crippen LogP contribution in [-0.2, 0) is 6.54 Å². The highest BCUT2D eigenvalue weighted by atomic mass is 19.1. The Morgan fingerprint density at radius 2 is 2.08 bits per heavy atom. The molecule has 4 aromatic rings. The molecule has 1 saturated heterocycles. The molecule has 0 unspecified atom stereocenters. The lowest BCUT2D eigenvalue weighted by molar-refractivity contribution is 0.0947. The van der Waals surface area contributed by atoms with Crippen LogP contribution in [0.15, 0.2) is 54.7 Å². The molecule has 182 valence electrons. The molecule has 2 N–H and O–H groups in total. The van der Waals surface area contributed by atoms with Gasteiger partial charge in [-0.2, -0.15) is 10.4 Å². The minimum absolute atomic E-state index is 0.143. The number of halogens is 1. The van der Waals surface area contributed by atoms with Crippen molar-refractivity contribution < 1.29 is 13.9 Å². The van der Waals surface area contributed by atoms with Crippen molar-refractivity contribution in [2.45, 2.75) is 32.4 Å². The lowest BCUT2D eigenvalue weighted by Crippen LogP contribution is -2.26. The molecule has 0 aliphatic carbocycles. The summed E-state index contributed by atoms with van der Waals surface area (Å²) in [6.07, 6.45) is 4.06. The van der Waals surface area contributed by atoms with Crippen LogP contribution in [0.3, 0.4) is 0 Å². The number of fused-ring (bicyclic) bond motifs is 1. The Kier molecular flexibility index (Phi) is 6.30. The number of hydrogen-bond acceptors (Lipinski definition) is 5. The Bertz CT molecular complexity index is 1470. The topological polar surface area (TPSA) is 94.0 Å². The highest BCUT2D eigenvalue weighted by Gasteiger charge is 2.25. The zero-order valence-electron chi connectivity index (χ0n) is 20.1. The molecule has 0 spiro atoms. The molecule has 1 fully saturated rings. The van der Waals surface area contributed by atoms with E-state index in [4.69, 9.17) is 4.74 Å². The summed E-state index contributed by atoms with van der Waals surface area (Å²) >= 11 is 0. The van der Waals surface area contributed by atoms with Crippen LogP contribution in [-0.4, -0.2) is 35.8 Å². The smallest absolute Gasteiger partial charge is 0.255 e. The third kappa shape index (κ3) is 4.24. The first-order valence-electron chi connectivity index (χ1n) is 11.9. The fourth-order valence-corrected chi connectivity index (χ4v) is 4.90. The summed E-state index contributed by atoms with van der Waals surface area (Å²) in [5.74, 6) is -0.614. The molecule has 7 nitrogen and oxygen atoms in total. The molecule has 36 heavy (non-hydrogen) atoms. The van der Waals surface area contributed by atoms with Gasteiger partial charge in [0.2, 0.25) is 0 Å².